The van der Waals surface area contributed by atoms with Crippen LogP contribution in [0.15, 0.2) is 23.1 Å². The summed E-state index contributed by atoms with van der Waals surface area (Å²) in [5, 5.41) is 12.4. The standard InChI is InChI=1S/C13H14O3S2/c1-7(2)17-11-9-6-8(16-3)4-5-10(9)18-12(11)13(14)15/h4-7H,1-3H3,(H,14,15)/p-1. The quantitative estimate of drug-likeness (QED) is 0.809. The van der Waals surface area contributed by atoms with Gasteiger partial charge in [-0.15, -0.1) is 23.1 Å². The number of carbonyl (C=O) groups excluding carboxylic acids is 1. The second-order valence-corrected chi connectivity index (χ2v) is 6.72. The second kappa shape index (κ2) is 5.20. The summed E-state index contributed by atoms with van der Waals surface area (Å²) < 4.78 is 6.13. The minimum absolute atomic E-state index is 0.303. The van der Waals surface area contributed by atoms with E-state index in [0.29, 0.717) is 10.1 Å². The Morgan fingerprint density at radius 3 is 2.72 bits per heavy atom. The van der Waals surface area contributed by atoms with Gasteiger partial charge in [0, 0.05) is 20.2 Å². The van der Waals surface area contributed by atoms with Crippen LogP contribution in [0.4, 0.5) is 0 Å². The zero-order valence-corrected chi connectivity index (χ0v) is 12.0. The van der Waals surface area contributed by atoms with E-state index in [2.05, 4.69) is 0 Å². The molecule has 1 aromatic carbocycles. The Balaban J connectivity index is 2.65. The lowest BCUT2D eigenvalue weighted by Crippen LogP contribution is -2.21. The monoisotopic (exact) mass is 281 g/mol. The molecule has 0 saturated heterocycles. The average Bonchev–Trinajstić information content (AvgIpc) is 2.67. The summed E-state index contributed by atoms with van der Waals surface area (Å²) >= 11 is 2.80. The summed E-state index contributed by atoms with van der Waals surface area (Å²) in [6.45, 7) is 4.07. The Labute approximate surface area is 114 Å². The van der Waals surface area contributed by atoms with E-state index in [1.54, 1.807) is 18.9 Å². The van der Waals surface area contributed by atoms with E-state index >= 15 is 0 Å². The Morgan fingerprint density at radius 2 is 2.17 bits per heavy atom. The Bertz CT molecular complexity index is 587. The summed E-state index contributed by atoms with van der Waals surface area (Å²) in [5.41, 5.74) is 0. The molecule has 0 radical (unpaired) electrons. The maximum absolute atomic E-state index is 11.2. The molecule has 5 heteroatoms. The third-order valence-electron chi connectivity index (χ3n) is 2.39. The number of carboxylic acids is 1. The maximum atomic E-state index is 11.2. The molecule has 3 nitrogen and oxygen atoms in total. The van der Waals surface area contributed by atoms with Crippen LogP contribution in [0, 0.1) is 0 Å². The minimum Gasteiger partial charge on any atom is -0.544 e. The van der Waals surface area contributed by atoms with Crippen LogP contribution in [0.2, 0.25) is 0 Å². The summed E-state index contributed by atoms with van der Waals surface area (Å²) in [6, 6.07) is 5.60. The molecule has 0 aliphatic heterocycles. The fourth-order valence-electron chi connectivity index (χ4n) is 1.67. The molecule has 1 heterocycles. The molecule has 0 spiro atoms. The number of ether oxygens (including phenoxy) is 1. The number of methoxy groups -OCH3 is 1. The molecule has 0 amide bonds. The third kappa shape index (κ3) is 2.47. The van der Waals surface area contributed by atoms with Crippen molar-refractivity contribution < 1.29 is 14.6 Å². The van der Waals surface area contributed by atoms with Crippen molar-refractivity contribution in [2.24, 2.45) is 0 Å². The highest BCUT2D eigenvalue weighted by Crippen LogP contribution is 2.41. The summed E-state index contributed by atoms with van der Waals surface area (Å²) in [7, 11) is 1.60. The molecule has 0 unspecified atom stereocenters. The number of fused-ring (bicyclic) bond motifs is 1. The van der Waals surface area contributed by atoms with Crippen LogP contribution in [0.1, 0.15) is 23.5 Å². The fourth-order valence-corrected chi connectivity index (χ4v) is 3.87. The van der Waals surface area contributed by atoms with Gasteiger partial charge in [-0.3, -0.25) is 0 Å². The average molecular weight is 281 g/mol. The molecule has 0 aliphatic rings. The molecule has 0 N–H and O–H groups in total. The second-order valence-electron chi connectivity index (χ2n) is 4.08. The highest BCUT2D eigenvalue weighted by Gasteiger charge is 2.15. The van der Waals surface area contributed by atoms with Crippen molar-refractivity contribution >= 4 is 39.2 Å². The van der Waals surface area contributed by atoms with Crippen molar-refractivity contribution in [1.82, 2.24) is 0 Å². The van der Waals surface area contributed by atoms with Gasteiger partial charge < -0.3 is 14.6 Å². The van der Waals surface area contributed by atoms with Crippen LogP contribution < -0.4 is 9.84 Å². The van der Waals surface area contributed by atoms with E-state index < -0.39 is 5.97 Å². The lowest BCUT2D eigenvalue weighted by Gasteiger charge is -2.08. The molecule has 96 valence electrons. The molecule has 0 atom stereocenters. The molecule has 0 saturated carbocycles. The molecular formula is C13H13O3S2-. The van der Waals surface area contributed by atoms with Crippen molar-refractivity contribution in [2.75, 3.05) is 7.11 Å². The van der Waals surface area contributed by atoms with Gasteiger partial charge in [-0.2, -0.15) is 0 Å². The molecule has 2 aromatic rings. The van der Waals surface area contributed by atoms with Crippen LogP contribution in [0.5, 0.6) is 5.75 Å². The number of hydrogen-bond donors (Lipinski definition) is 0. The van der Waals surface area contributed by atoms with Gasteiger partial charge in [-0.1, -0.05) is 13.8 Å². The van der Waals surface area contributed by atoms with Crippen molar-refractivity contribution in [1.29, 1.82) is 0 Å². The SMILES string of the molecule is COc1ccc2sc(C(=O)[O-])c(SC(C)C)c2c1. The Kier molecular flexibility index (Phi) is 3.82. The van der Waals surface area contributed by atoms with Crippen LogP contribution in [-0.2, 0) is 0 Å². The lowest BCUT2D eigenvalue weighted by molar-refractivity contribution is -0.254. The van der Waals surface area contributed by atoms with E-state index in [0.717, 1.165) is 20.7 Å². The number of carboxylic acid groups (broad SMARTS) is 1. The van der Waals surface area contributed by atoms with Crippen LogP contribution >= 0.6 is 23.1 Å². The van der Waals surface area contributed by atoms with E-state index in [1.165, 1.54) is 11.3 Å². The topological polar surface area (TPSA) is 49.4 Å². The fraction of sp³-hybridized carbons (Fsp3) is 0.308. The molecule has 2 rings (SSSR count). The highest BCUT2D eigenvalue weighted by molar-refractivity contribution is 8.00. The van der Waals surface area contributed by atoms with Gasteiger partial charge >= 0.3 is 0 Å². The summed E-state index contributed by atoms with van der Waals surface area (Å²) in [6.07, 6.45) is 0. The van der Waals surface area contributed by atoms with Crippen molar-refractivity contribution in [3.8, 4) is 5.75 Å². The predicted octanol–water partition coefficient (Wildman–Crippen LogP) is 2.77. The lowest BCUT2D eigenvalue weighted by atomic mass is 10.2. The van der Waals surface area contributed by atoms with Gasteiger partial charge in [0.05, 0.1) is 18.0 Å². The van der Waals surface area contributed by atoms with E-state index in [-0.39, 0.29) is 0 Å². The first kappa shape index (κ1) is 13.2. The molecule has 0 bridgehead atoms. The number of benzene rings is 1. The summed E-state index contributed by atoms with van der Waals surface area (Å²) in [5.74, 6) is -0.380. The zero-order valence-electron chi connectivity index (χ0n) is 10.4. The third-order valence-corrected chi connectivity index (χ3v) is 4.80. The molecule has 1 aromatic heterocycles. The summed E-state index contributed by atoms with van der Waals surface area (Å²) in [4.78, 5) is 12.3. The van der Waals surface area contributed by atoms with Crippen LogP contribution in [-0.4, -0.2) is 18.3 Å². The first-order valence-corrected chi connectivity index (χ1v) is 7.21. The van der Waals surface area contributed by atoms with Gasteiger partial charge in [0.15, 0.2) is 0 Å². The first-order chi connectivity index (χ1) is 8.52. The molecule has 0 aliphatic carbocycles. The van der Waals surface area contributed by atoms with E-state index in [4.69, 9.17) is 4.74 Å². The van der Waals surface area contributed by atoms with Crippen molar-refractivity contribution in [3.05, 3.63) is 23.1 Å². The minimum atomic E-state index is -1.11. The number of thiophene rings is 1. The first-order valence-electron chi connectivity index (χ1n) is 5.51. The highest BCUT2D eigenvalue weighted by atomic mass is 32.2. The van der Waals surface area contributed by atoms with Crippen LogP contribution in [0.25, 0.3) is 10.1 Å². The number of carbonyl (C=O) groups is 1. The largest absolute Gasteiger partial charge is 0.544 e. The molecule has 0 fully saturated rings. The molecule has 18 heavy (non-hydrogen) atoms. The Hall–Kier alpha value is -1.20. The van der Waals surface area contributed by atoms with Gasteiger partial charge in [-0.25, -0.2) is 0 Å². The van der Waals surface area contributed by atoms with Gasteiger partial charge in [0.2, 0.25) is 0 Å². The molecular weight excluding hydrogens is 268 g/mol. The van der Waals surface area contributed by atoms with Gasteiger partial charge in [-0.05, 0) is 18.2 Å². The smallest absolute Gasteiger partial charge is 0.119 e. The van der Waals surface area contributed by atoms with Crippen molar-refractivity contribution in [3.63, 3.8) is 0 Å². The maximum Gasteiger partial charge on any atom is 0.119 e. The number of rotatable bonds is 4. The van der Waals surface area contributed by atoms with Crippen molar-refractivity contribution in [2.45, 2.75) is 24.0 Å². The van der Waals surface area contributed by atoms with Gasteiger partial charge in [0.25, 0.3) is 0 Å². The Morgan fingerprint density at radius 1 is 1.44 bits per heavy atom. The van der Waals surface area contributed by atoms with E-state index in [1.807, 2.05) is 32.0 Å². The normalized spacial score (nSPS) is 11.1. The zero-order chi connectivity index (χ0) is 13.3. The van der Waals surface area contributed by atoms with Crippen LogP contribution in [0.3, 0.4) is 0 Å². The number of hydrogen-bond acceptors (Lipinski definition) is 5. The van der Waals surface area contributed by atoms with E-state index in [9.17, 15) is 9.90 Å². The number of aromatic carboxylic acids is 1. The predicted molar refractivity (Wildman–Crippen MR) is 73.7 cm³/mol. The van der Waals surface area contributed by atoms with Gasteiger partial charge in [0.1, 0.15) is 5.75 Å². The number of thioether (sulfide) groups is 1.